The summed E-state index contributed by atoms with van der Waals surface area (Å²) in [6, 6.07) is 6.13. The van der Waals surface area contributed by atoms with Crippen LogP contribution in [-0.4, -0.2) is 73.6 Å². The fraction of sp³-hybridized carbons (Fsp3) is 0.650. The molecule has 1 N–H and O–H groups in total. The van der Waals surface area contributed by atoms with Gasteiger partial charge in [-0.3, -0.25) is 9.69 Å². The molecule has 0 bridgehead atoms. The van der Waals surface area contributed by atoms with Crippen LogP contribution in [0.4, 0.5) is 5.69 Å². The highest BCUT2D eigenvalue weighted by molar-refractivity contribution is 7.86. The lowest BCUT2D eigenvalue weighted by atomic mass is 10.0. The topological polar surface area (TPSA) is 73.0 Å². The minimum absolute atomic E-state index is 0.0457. The van der Waals surface area contributed by atoms with E-state index in [0.29, 0.717) is 39.3 Å². The maximum absolute atomic E-state index is 12.6. The van der Waals surface area contributed by atoms with E-state index in [9.17, 15) is 13.2 Å². The normalized spacial score (nSPS) is 16.5. The van der Waals surface area contributed by atoms with Gasteiger partial charge in [-0.25, -0.2) is 0 Å². The van der Waals surface area contributed by atoms with Gasteiger partial charge in [-0.05, 0) is 24.0 Å². The largest absolute Gasteiger partial charge is 0.324 e. The SMILES string of the molecule is CCc1cccc(CC)c1NC(=O)CN1CCN(S(=O)(=O)N(CC)CC)CC1. The number of carbonyl (C=O) groups is 1. The van der Waals surface area contributed by atoms with Crippen LogP contribution in [0.1, 0.15) is 38.8 Å². The van der Waals surface area contributed by atoms with Gasteiger partial charge in [0, 0.05) is 45.0 Å². The highest BCUT2D eigenvalue weighted by Crippen LogP contribution is 2.22. The third-order valence-electron chi connectivity index (χ3n) is 5.32. The molecule has 0 aliphatic carbocycles. The molecule has 1 fully saturated rings. The summed E-state index contributed by atoms with van der Waals surface area (Å²) in [6.07, 6.45) is 1.73. The Morgan fingerprint density at radius 1 is 1.00 bits per heavy atom. The number of hydrogen-bond acceptors (Lipinski definition) is 4. The highest BCUT2D eigenvalue weighted by atomic mass is 32.2. The van der Waals surface area contributed by atoms with Crippen LogP contribution >= 0.6 is 0 Å². The number of carbonyl (C=O) groups excluding carboxylic acids is 1. The van der Waals surface area contributed by atoms with Gasteiger partial charge in [0.2, 0.25) is 5.91 Å². The molecular formula is C20H34N4O3S. The van der Waals surface area contributed by atoms with E-state index in [0.717, 1.165) is 29.7 Å². The van der Waals surface area contributed by atoms with Crippen molar-refractivity contribution in [2.24, 2.45) is 0 Å². The number of anilines is 1. The van der Waals surface area contributed by atoms with Crippen molar-refractivity contribution in [2.75, 3.05) is 51.1 Å². The van der Waals surface area contributed by atoms with E-state index < -0.39 is 10.2 Å². The molecule has 1 heterocycles. The lowest BCUT2D eigenvalue weighted by Crippen LogP contribution is -2.54. The summed E-state index contributed by atoms with van der Waals surface area (Å²) in [6.45, 7) is 11.0. The van der Waals surface area contributed by atoms with Crippen molar-refractivity contribution in [1.29, 1.82) is 0 Å². The van der Waals surface area contributed by atoms with Gasteiger partial charge >= 0.3 is 0 Å². The quantitative estimate of drug-likeness (QED) is 0.675. The Bertz CT molecular complexity index is 732. The molecule has 0 radical (unpaired) electrons. The van der Waals surface area contributed by atoms with E-state index in [2.05, 4.69) is 19.2 Å². The Hall–Kier alpha value is -1.48. The van der Waals surface area contributed by atoms with Crippen LogP contribution in [0.3, 0.4) is 0 Å². The number of nitrogens with one attached hydrogen (secondary N) is 1. The average molecular weight is 411 g/mol. The van der Waals surface area contributed by atoms with Crippen LogP contribution in [-0.2, 0) is 27.8 Å². The first-order valence-corrected chi connectivity index (χ1v) is 11.6. The monoisotopic (exact) mass is 410 g/mol. The van der Waals surface area contributed by atoms with Crippen molar-refractivity contribution in [3.8, 4) is 0 Å². The summed E-state index contributed by atoms with van der Waals surface area (Å²) in [7, 11) is -3.40. The number of hydrogen-bond donors (Lipinski definition) is 1. The zero-order valence-electron chi connectivity index (χ0n) is 17.6. The molecule has 2 rings (SSSR count). The van der Waals surface area contributed by atoms with Crippen LogP contribution in [0.15, 0.2) is 18.2 Å². The van der Waals surface area contributed by atoms with Crippen molar-refractivity contribution < 1.29 is 13.2 Å². The second kappa shape index (κ2) is 10.3. The molecule has 28 heavy (non-hydrogen) atoms. The molecule has 0 atom stereocenters. The Kier molecular flexibility index (Phi) is 8.42. The van der Waals surface area contributed by atoms with Gasteiger partial charge in [-0.2, -0.15) is 17.0 Å². The first-order valence-electron chi connectivity index (χ1n) is 10.2. The Morgan fingerprint density at radius 3 is 2.00 bits per heavy atom. The third-order valence-corrected chi connectivity index (χ3v) is 7.51. The van der Waals surface area contributed by atoms with Gasteiger partial charge in [-0.15, -0.1) is 0 Å². The average Bonchev–Trinajstić information content (AvgIpc) is 2.69. The number of benzene rings is 1. The maximum Gasteiger partial charge on any atom is 0.282 e. The number of amides is 1. The van der Waals surface area contributed by atoms with Crippen molar-refractivity contribution in [3.63, 3.8) is 0 Å². The summed E-state index contributed by atoms with van der Waals surface area (Å²) >= 11 is 0. The molecular weight excluding hydrogens is 376 g/mol. The second-order valence-corrected chi connectivity index (χ2v) is 8.90. The summed E-state index contributed by atoms with van der Waals surface area (Å²) in [5.74, 6) is -0.0457. The van der Waals surface area contributed by atoms with Gasteiger partial charge < -0.3 is 5.32 Å². The van der Waals surface area contributed by atoms with E-state index in [-0.39, 0.29) is 12.5 Å². The molecule has 8 heteroatoms. The molecule has 158 valence electrons. The molecule has 0 spiro atoms. The number of rotatable bonds is 9. The van der Waals surface area contributed by atoms with Gasteiger partial charge in [0.05, 0.1) is 6.54 Å². The fourth-order valence-electron chi connectivity index (χ4n) is 3.62. The van der Waals surface area contributed by atoms with Crippen LogP contribution in [0.5, 0.6) is 0 Å². The van der Waals surface area contributed by atoms with Gasteiger partial charge in [0.25, 0.3) is 10.2 Å². The van der Waals surface area contributed by atoms with Crippen LogP contribution < -0.4 is 5.32 Å². The zero-order chi connectivity index (χ0) is 20.7. The van der Waals surface area contributed by atoms with Gasteiger partial charge in [-0.1, -0.05) is 45.9 Å². The molecule has 7 nitrogen and oxygen atoms in total. The van der Waals surface area contributed by atoms with E-state index in [1.165, 1.54) is 8.61 Å². The number of piperazine rings is 1. The zero-order valence-corrected chi connectivity index (χ0v) is 18.4. The maximum atomic E-state index is 12.6. The number of aryl methyl sites for hydroxylation is 2. The van der Waals surface area contributed by atoms with E-state index in [1.54, 1.807) is 0 Å². The van der Waals surface area contributed by atoms with Gasteiger partial charge in [0.15, 0.2) is 0 Å². The summed E-state index contributed by atoms with van der Waals surface area (Å²) in [5, 5.41) is 3.09. The Balaban J connectivity index is 1.94. The predicted molar refractivity (Wildman–Crippen MR) is 114 cm³/mol. The lowest BCUT2D eigenvalue weighted by Gasteiger charge is -2.36. The van der Waals surface area contributed by atoms with Crippen molar-refractivity contribution >= 4 is 21.8 Å². The van der Waals surface area contributed by atoms with Crippen LogP contribution in [0.2, 0.25) is 0 Å². The van der Waals surface area contributed by atoms with E-state index >= 15 is 0 Å². The summed E-state index contributed by atoms with van der Waals surface area (Å²) in [5.41, 5.74) is 3.21. The third kappa shape index (κ3) is 5.31. The molecule has 1 aromatic carbocycles. The second-order valence-electron chi connectivity index (χ2n) is 6.97. The minimum Gasteiger partial charge on any atom is -0.324 e. The molecule has 0 saturated carbocycles. The molecule has 0 unspecified atom stereocenters. The Labute approximate surface area is 169 Å². The van der Waals surface area contributed by atoms with E-state index in [4.69, 9.17) is 0 Å². The van der Waals surface area contributed by atoms with Crippen LogP contribution in [0.25, 0.3) is 0 Å². The molecule has 1 saturated heterocycles. The van der Waals surface area contributed by atoms with Crippen molar-refractivity contribution in [2.45, 2.75) is 40.5 Å². The highest BCUT2D eigenvalue weighted by Gasteiger charge is 2.31. The minimum atomic E-state index is -3.40. The number of nitrogens with zero attached hydrogens (tertiary/aromatic N) is 3. The summed E-state index contributed by atoms with van der Waals surface area (Å²) in [4.78, 5) is 14.6. The van der Waals surface area contributed by atoms with Gasteiger partial charge in [0.1, 0.15) is 0 Å². The van der Waals surface area contributed by atoms with Crippen molar-refractivity contribution in [1.82, 2.24) is 13.5 Å². The lowest BCUT2D eigenvalue weighted by molar-refractivity contribution is -0.117. The summed E-state index contributed by atoms with van der Waals surface area (Å²) < 4.78 is 28.2. The molecule has 1 aromatic rings. The number of para-hydroxylation sites is 1. The van der Waals surface area contributed by atoms with Crippen LogP contribution in [0, 0.1) is 0 Å². The predicted octanol–water partition coefficient (Wildman–Crippen LogP) is 1.95. The Morgan fingerprint density at radius 2 is 1.54 bits per heavy atom. The molecule has 1 aliphatic rings. The fourth-order valence-corrected chi connectivity index (χ4v) is 5.22. The van der Waals surface area contributed by atoms with Crippen molar-refractivity contribution in [3.05, 3.63) is 29.3 Å². The molecule has 0 aromatic heterocycles. The van der Waals surface area contributed by atoms with E-state index in [1.807, 2.05) is 36.9 Å². The first kappa shape index (κ1) is 22.8. The molecule has 1 aliphatic heterocycles. The first-order chi connectivity index (χ1) is 13.4. The standard InChI is InChI=1S/C20H34N4O3S/c1-5-17-10-9-11-18(6-2)20(17)21-19(25)16-22-12-14-24(15-13-22)28(26,27)23(7-3)8-4/h9-11H,5-8,12-16H2,1-4H3,(H,21,25). The molecule has 1 amide bonds. The smallest absolute Gasteiger partial charge is 0.282 e.